The minimum absolute atomic E-state index is 0.0251. The molecule has 4 nitrogen and oxygen atoms in total. The van der Waals surface area contributed by atoms with Crippen LogP contribution in [0, 0.1) is 5.82 Å². The Kier molecular flexibility index (Phi) is 2.93. The van der Waals surface area contributed by atoms with Crippen molar-refractivity contribution in [1.82, 2.24) is 5.32 Å². The van der Waals surface area contributed by atoms with Gasteiger partial charge in [-0.1, -0.05) is 6.07 Å². The molecule has 1 atom stereocenters. The first-order valence-electron chi connectivity index (χ1n) is 6.70. The van der Waals surface area contributed by atoms with E-state index in [-0.39, 0.29) is 23.8 Å². The summed E-state index contributed by atoms with van der Waals surface area (Å²) in [4.78, 5) is 16.2. The number of anilines is 2. The molecule has 0 radical (unpaired) electrons. The molecule has 0 aromatic heterocycles. The van der Waals surface area contributed by atoms with Crippen molar-refractivity contribution in [1.29, 1.82) is 0 Å². The Labute approximate surface area is 112 Å². The van der Waals surface area contributed by atoms with Gasteiger partial charge in [-0.3, -0.25) is 4.79 Å². The lowest BCUT2D eigenvalue weighted by atomic mass is 10.0. The van der Waals surface area contributed by atoms with Crippen molar-refractivity contribution in [2.45, 2.75) is 25.9 Å². The molecule has 2 aliphatic heterocycles. The van der Waals surface area contributed by atoms with E-state index in [9.17, 15) is 9.18 Å². The Hall–Kier alpha value is -1.62. The molecular weight excluding hydrogens is 245 g/mol. The molecule has 0 spiro atoms. The maximum absolute atomic E-state index is 14.2. The number of hydrogen-bond acceptors (Lipinski definition) is 3. The van der Waals surface area contributed by atoms with E-state index in [4.69, 9.17) is 0 Å². The maximum atomic E-state index is 14.2. The fourth-order valence-corrected chi connectivity index (χ4v) is 2.99. The van der Waals surface area contributed by atoms with Gasteiger partial charge in [-0.05, 0) is 26.0 Å². The number of amides is 1. The second-order valence-corrected chi connectivity index (χ2v) is 5.32. The van der Waals surface area contributed by atoms with Crippen LogP contribution in [0.15, 0.2) is 18.2 Å². The molecule has 19 heavy (non-hydrogen) atoms. The molecule has 1 unspecified atom stereocenters. The molecule has 0 saturated carbocycles. The lowest BCUT2D eigenvalue weighted by Crippen LogP contribution is -2.63. The summed E-state index contributed by atoms with van der Waals surface area (Å²) in [6, 6.07) is 4.69. The van der Waals surface area contributed by atoms with Gasteiger partial charge in [-0.25, -0.2) is 4.39 Å². The van der Waals surface area contributed by atoms with Crippen molar-refractivity contribution in [2.75, 3.05) is 29.4 Å². The predicted octanol–water partition coefficient (Wildman–Crippen LogP) is 1.36. The van der Waals surface area contributed by atoms with Crippen LogP contribution in [-0.4, -0.2) is 37.6 Å². The van der Waals surface area contributed by atoms with Crippen LogP contribution in [0.25, 0.3) is 0 Å². The molecule has 1 N–H and O–H groups in total. The van der Waals surface area contributed by atoms with Gasteiger partial charge in [0, 0.05) is 25.7 Å². The van der Waals surface area contributed by atoms with Gasteiger partial charge in [-0.2, -0.15) is 0 Å². The summed E-state index contributed by atoms with van der Waals surface area (Å²) in [5.74, 6) is -0.192. The van der Waals surface area contributed by atoms with Crippen molar-refractivity contribution in [2.24, 2.45) is 0 Å². The van der Waals surface area contributed by atoms with Crippen LogP contribution in [-0.2, 0) is 4.79 Å². The van der Waals surface area contributed by atoms with Crippen molar-refractivity contribution in [3.8, 4) is 0 Å². The maximum Gasteiger partial charge on any atom is 0.251 e. The van der Waals surface area contributed by atoms with Crippen LogP contribution in [0.1, 0.15) is 13.8 Å². The molecule has 1 saturated heterocycles. The van der Waals surface area contributed by atoms with E-state index in [1.165, 1.54) is 6.07 Å². The summed E-state index contributed by atoms with van der Waals surface area (Å²) in [6.07, 6.45) is 0. The van der Waals surface area contributed by atoms with Gasteiger partial charge in [0.1, 0.15) is 11.9 Å². The highest BCUT2D eigenvalue weighted by Gasteiger charge is 2.41. The normalized spacial score (nSPS) is 22.5. The SMILES string of the molecule is CC(C)N1C(=O)C2CNCCN2c2c(F)cccc21. The molecular formula is C14H18FN3O. The van der Waals surface area contributed by atoms with Gasteiger partial charge >= 0.3 is 0 Å². The monoisotopic (exact) mass is 263 g/mol. The molecule has 102 valence electrons. The summed E-state index contributed by atoms with van der Waals surface area (Å²) in [6.45, 7) is 5.93. The number of nitrogens with zero attached hydrogens (tertiary/aromatic N) is 2. The van der Waals surface area contributed by atoms with Gasteiger partial charge < -0.3 is 15.1 Å². The van der Waals surface area contributed by atoms with E-state index in [0.717, 1.165) is 6.54 Å². The Morgan fingerprint density at radius 2 is 2.21 bits per heavy atom. The van der Waals surface area contributed by atoms with Gasteiger partial charge in [0.25, 0.3) is 5.91 Å². The van der Waals surface area contributed by atoms with Crippen molar-refractivity contribution in [3.63, 3.8) is 0 Å². The molecule has 2 aliphatic rings. The first kappa shape index (κ1) is 12.4. The highest BCUT2D eigenvalue weighted by atomic mass is 19.1. The fourth-order valence-electron chi connectivity index (χ4n) is 2.99. The highest BCUT2D eigenvalue weighted by molar-refractivity contribution is 6.06. The standard InChI is InChI=1S/C14H18FN3O/c1-9(2)18-11-5-3-4-10(15)13(11)17-7-6-16-8-12(17)14(18)19/h3-5,9,12,16H,6-8H2,1-2H3. The Balaban J connectivity index is 2.17. The lowest BCUT2D eigenvalue weighted by Gasteiger charge is -2.46. The van der Waals surface area contributed by atoms with Crippen LogP contribution in [0.2, 0.25) is 0 Å². The zero-order chi connectivity index (χ0) is 13.6. The first-order valence-corrected chi connectivity index (χ1v) is 6.70. The van der Waals surface area contributed by atoms with Crippen molar-refractivity contribution >= 4 is 17.3 Å². The van der Waals surface area contributed by atoms with E-state index < -0.39 is 0 Å². The molecule has 3 rings (SSSR count). The molecule has 1 aromatic carbocycles. The summed E-state index contributed by atoms with van der Waals surface area (Å²) >= 11 is 0. The van der Waals surface area contributed by atoms with Crippen LogP contribution in [0.4, 0.5) is 15.8 Å². The molecule has 1 aromatic rings. The summed E-state index contributed by atoms with van der Waals surface area (Å²) < 4.78 is 14.2. The van der Waals surface area contributed by atoms with Crippen molar-refractivity contribution < 1.29 is 9.18 Å². The number of piperazine rings is 1. The van der Waals surface area contributed by atoms with Gasteiger partial charge in [0.2, 0.25) is 0 Å². The van der Waals surface area contributed by atoms with Crippen LogP contribution in [0.3, 0.4) is 0 Å². The van der Waals surface area contributed by atoms with Crippen LogP contribution < -0.4 is 15.1 Å². The molecule has 2 heterocycles. The molecule has 0 aliphatic carbocycles. The topological polar surface area (TPSA) is 35.6 Å². The average molecular weight is 263 g/mol. The largest absolute Gasteiger partial charge is 0.353 e. The zero-order valence-electron chi connectivity index (χ0n) is 11.2. The summed E-state index contributed by atoms with van der Waals surface area (Å²) in [5.41, 5.74) is 1.26. The number of benzene rings is 1. The number of nitrogens with one attached hydrogen (secondary N) is 1. The number of para-hydroxylation sites is 1. The second-order valence-electron chi connectivity index (χ2n) is 5.32. The number of fused-ring (bicyclic) bond motifs is 3. The first-order chi connectivity index (χ1) is 9.11. The Bertz CT molecular complexity index is 517. The van der Waals surface area contributed by atoms with E-state index in [1.807, 2.05) is 24.8 Å². The second kappa shape index (κ2) is 4.49. The quantitative estimate of drug-likeness (QED) is 0.831. The average Bonchev–Trinajstić information content (AvgIpc) is 2.38. The number of hydrogen-bond donors (Lipinski definition) is 1. The third-order valence-electron chi connectivity index (χ3n) is 3.79. The minimum Gasteiger partial charge on any atom is -0.353 e. The third-order valence-corrected chi connectivity index (χ3v) is 3.79. The third kappa shape index (κ3) is 1.80. The number of carbonyl (C=O) groups is 1. The van der Waals surface area contributed by atoms with Crippen molar-refractivity contribution in [3.05, 3.63) is 24.0 Å². The smallest absolute Gasteiger partial charge is 0.251 e. The molecule has 0 bridgehead atoms. The summed E-state index contributed by atoms with van der Waals surface area (Å²) in [7, 11) is 0. The number of halogens is 1. The Morgan fingerprint density at radius 1 is 1.42 bits per heavy atom. The lowest BCUT2D eigenvalue weighted by molar-refractivity contribution is -0.120. The van der Waals surface area contributed by atoms with E-state index >= 15 is 0 Å². The van der Waals surface area contributed by atoms with Gasteiger partial charge in [0.05, 0.1) is 11.4 Å². The van der Waals surface area contributed by atoms with E-state index in [1.54, 1.807) is 11.0 Å². The van der Waals surface area contributed by atoms with Crippen LogP contribution in [0.5, 0.6) is 0 Å². The Morgan fingerprint density at radius 3 is 2.95 bits per heavy atom. The fraction of sp³-hybridized carbons (Fsp3) is 0.500. The number of rotatable bonds is 1. The predicted molar refractivity (Wildman–Crippen MR) is 73.0 cm³/mol. The van der Waals surface area contributed by atoms with Gasteiger partial charge in [-0.15, -0.1) is 0 Å². The zero-order valence-corrected chi connectivity index (χ0v) is 11.2. The van der Waals surface area contributed by atoms with Crippen LogP contribution >= 0.6 is 0 Å². The van der Waals surface area contributed by atoms with Gasteiger partial charge in [0.15, 0.2) is 0 Å². The highest BCUT2D eigenvalue weighted by Crippen LogP contribution is 2.39. The van der Waals surface area contributed by atoms with E-state index in [2.05, 4.69) is 5.32 Å². The number of carbonyl (C=O) groups excluding carboxylic acids is 1. The molecule has 1 fully saturated rings. The van der Waals surface area contributed by atoms with E-state index in [0.29, 0.717) is 24.5 Å². The minimum atomic E-state index is -0.291. The molecule has 1 amide bonds. The summed E-state index contributed by atoms with van der Waals surface area (Å²) in [5, 5.41) is 3.21. The molecule has 5 heteroatoms.